The summed E-state index contributed by atoms with van der Waals surface area (Å²) in [6.07, 6.45) is 1.22. The Morgan fingerprint density at radius 2 is 2.08 bits per heavy atom. The Balaban J connectivity index is 1.63. The first-order valence-electron chi connectivity index (χ1n) is 7.59. The molecule has 0 saturated carbocycles. The maximum atomic E-state index is 12.5. The molecule has 8 heteroatoms. The number of nitrogens with one attached hydrogen (secondary N) is 1. The Hall–Kier alpha value is -2.12. The van der Waals surface area contributed by atoms with E-state index in [0.717, 1.165) is 5.69 Å². The van der Waals surface area contributed by atoms with Crippen LogP contribution < -0.4 is 11.1 Å². The molecular weight excluding hydrogens is 348 g/mol. The molecule has 0 radical (unpaired) electrons. The second-order valence-corrected chi connectivity index (χ2v) is 6.94. The standard InChI is InChI=1S/C16H17ClN4O2S/c17-11-2-1-3-12(8-11)19-16-20-13(9-24-16)15(23)21-6-4-10(5-7-21)14(18)22/h1-3,8-10H,4-7H2,(H2,18,22)(H,19,20). The van der Waals surface area contributed by atoms with Gasteiger partial charge in [-0.15, -0.1) is 11.3 Å². The Kier molecular flexibility index (Phi) is 5.01. The van der Waals surface area contributed by atoms with Crippen molar-refractivity contribution in [1.82, 2.24) is 9.88 Å². The molecule has 6 nitrogen and oxygen atoms in total. The molecule has 3 N–H and O–H groups in total. The number of rotatable bonds is 4. The van der Waals surface area contributed by atoms with Crippen LogP contribution in [-0.2, 0) is 4.79 Å². The van der Waals surface area contributed by atoms with Gasteiger partial charge in [0.25, 0.3) is 5.91 Å². The van der Waals surface area contributed by atoms with E-state index in [9.17, 15) is 9.59 Å². The Morgan fingerprint density at radius 3 is 2.75 bits per heavy atom. The summed E-state index contributed by atoms with van der Waals surface area (Å²) in [5.41, 5.74) is 6.54. The van der Waals surface area contributed by atoms with Crippen LogP contribution in [0.25, 0.3) is 0 Å². The van der Waals surface area contributed by atoms with E-state index < -0.39 is 0 Å². The van der Waals surface area contributed by atoms with Gasteiger partial charge in [-0.2, -0.15) is 0 Å². The maximum Gasteiger partial charge on any atom is 0.273 e. The first kappa shape index (κ1) is 16.7. The summed E-state index contributed by atoms with van der Waals surface area (Å²) in [6.45, 7) is 1.06. The molecule has 1 aliphatic rings. The lowest BCUT2D eigenvalue weighted by Gasteiger charge is -2.30. The van der Waals surface area contributed by atoms with Gasteiger partial charge in [-0.3, -0.25) is 9.59 Å². The Morgan fingerprint density at radius 1 is 1.33 bits per heavy atom. The molecule has 2 aromatic rings. The van der Waals surface area contributed by atoms with Gasteiger partial charge in [-0.1, -0.05) is 17.7 Å². The van der Waals surface area contributed by atoms with Crippen molar-refractivity contribution in [1.29, 1.82) is 0 Å². The number of carbonyl (C=O) groups is 2. The fourth-order valence-corrected chi connectivity index (χ4v) is 3.54. The molecule has 3 rings (SSSR count). The van der Waals surface area contributed by atoms with Crippen molar-refractivity contribution in [3.63, 3.8) is 0 Å². The van der Waals surface area contributed by atoms with Gasteiger partial charge in [0.1, 0.15) is 5.69 Å². The van der Waals surface area contributed by atoms with Gasteiger partial charge in [0, 0.05) is 35.1 Å². The number of aromatic nitrogens is 1. The molecule has 1 fully saturated rings. The molecule has 1 aliphatic heterocycles. The maximum absolute atomic E-state index is 12.5. The van der Waals surface area contributed by atoms with Crippen LogP contribution in [0.5, 0.6) is 0 Å². The van der Waals surface area contributed by atoms with E-state index in [2.05, 4.69) is 10.3 Å². The summed E-state index contributed by atoms with van der Waals surface area (Å²) < 4.78 is 0. The molecule has 2 amide bonds. The quantitative estimate of drug-likeness (QED) is 0.873. The number of amides is 2. The molecule has 0 bridgehead atoms. The molecule has 1 aromatic heterocycles. The number of halogens is 1. The number of likely N-dealkylation sites (tertiary alicyclic amines) is 1. The highest BCUT2D eigenvalue weighted by atomic mass is 35.5. The third-order valence-electron chi connectivity index (χ3n) is 3.98. The van der Waals surface area contributed by atoms with Crippen molar-refractivity contribution in [3.8, 4) is 0 Å². The van der Waals surface area contributed by atoms with E-state index >= 15 is 0 Å². The Labute approximate surface area is 148 Å². The highest BCUT2D eigenvalue weighted by Crippen LogP contribution is 2.25. The Bertz CT molecular complexity index is 756. The highest BCUT2D eigenvalue weighted by Gasteiger charge is 2.27. The number of carbonyl (C=O) groups excluding carboxylic acids is 2. The molecule has 126 valence electrons. The second-order valence-electron chi connectivity index (χ2n) is 5.64. The van der Waals surface area contributed by atoms with E-state index in [1.165, 1.54) is 11.3 Å². The average molecular weight is 365 g/mol. The predicted octanol–water partition coefficient (Wildman–Crippen LogP) is 2.88. The van der Waals surface area contributed by atoms with Crippen molar-refractivity contribution < 1.29 is 9.59 Å². The highest BCUT2D eigenvalue weighted by molar-refractivity contribution is 7.14. The van der Waals surface area contributed by atoms with E-state index in [4.69, 9.17) is 17.3 Å². The average Bonchev–Trinajstić information content (AvgIpc) is 3.02. The molecule has 0 aliphatic carbocycles. The molecular formula is C16H17ClN4O2S. The number of nitrogens with zero attached hydrogens (tertiary/aromatic N) is 2. The second kappa shape index (κ2) is 7.19. The van der Waals surface area contributed by atoms with Gasteiger partial charge in [-0.05, 0) is 31.0 Å². The van der Waals surface area contributed by atoms with E-state index in [0.29, 0.717) is 41.8 Å². The van der Waals surface area contributed by atoms with Crippen LogP contribution in [-0.4, -0.2) is 34.8 Å². The van der Waals surface area contributed by atoms with Gasteiger partial charge >= 0.3 is 0 Å². The lowest BCUT2D eigenvalue weighted by atomic mass is 9.96. The summed E-state index contributed by atoms with van der Waals surface area (Å²) in [5.74, 6) is -0.540. The summed E-state index contributed by atoms with van der Waals surface area (Å²) in [4.78, 5) is 29.8. The number of benzene rings is 1. The van der Waals surface area contributed by atoms with Crippen LogP contribution in [0.3, 0.4) is 0 Å². The van der Waals surface area contributed by atoms with Crippen molar-refractivity contribution in [2.45, 2.75) is 12.8 Å². The van der Waals surface area contributed by atoms with Crippen LogP contribution in [0.4, 0.5) is 10.8 Å². The third kappa shape index (κ3) is 3.85. The number of nitrogens with two attached hydrogens (primary N) is 1. The predicted molar refractivity (Wildman–Crippen MR) is 94.7 cm³/mol. The first-order chi connectivity index (χ1) is 11.5. The number of anilines is 2. The van der Waals surface area contributed by atoms with Crippen molar-refractivity contribution in [2.75, 3.05) is 18.4 Å². The SMILES string of the molecule is NC(=O)C1CCN(C(=O)c2csc(Nc3cccc(Cl)c3)n2)CC1. The third-order valence-corrected chi connectivity index (χ3v) is 4.98. The van der Waals surface area contributed by atoms with Crippen LogP contribution in [0.1, 0.15) is 23.3 Å². The largest absolute Gasteiger partial charge is 0.369 e. The van der Waals surface area contributed by atoms with Crippen molar-refractivity contribution >= 4 is 45.6 Å². The molecule has 1 saturated heterocycles. The minimum Gasteiger partial charge on any atom is -0.369 e. The lowest BCUT2D eigenvalue weighted by molar-refractivity contribution is -0.123. The molecule has 1 aromatic carbocycles. The van der Waals surface area contributed by atoms with E-state index in [-0.39, 0.29) is 17.7 Å². The van der Waals surface area contributed by atoms with Gasteiger partial charge in [0.15, 0.2) is 5.13 Å². The fourth-order valence-electron chi connectivity index (χ4n) is 2.65. The van der Waals surface area contributed by atoms with Crippen LogP contribution in [0.2, 0.25) is 5.02 Å². The molecule has 24 heavy (non-hydrogen) atoms. The normalized spacial score (nSPS) is 15.3. The molecule has 0 unspecified atom stereocenters. The summed E-state index contributed by atoms with van der Waals surface area (Å²) in [7, 11) is 0. The molecule has 0 atom stereocenters. The number of thiazole rings is 1. The number of hydrogen-bond donors (Lipinski definition) is 2. The summed E-state index contributed by atoms with van der Waals surface area (Å²) >= 11 is 7.31. The minimum absolute atomic E-state index is 0.117. The number of primary amides is 1. The zero-order valence-electron chi connectivity index (χ0n) is 12.9. The van der Waals surface area contributed by atoms with E-state index in [1.54, 1.807) is 22.4 Å². The number of piperidine rings is 1. The minimum atomic E-state index is -0.288. The van der Waals surface area contributed by atoms with Crippen molar-refractivity contribution in [3.05, 3.63) is 40.4 Å². The first-order valence-corrected chi connectivity index (χ1v) is 8.85. The fraction of sp³-hybridized carbons (Fsp3) is 0.312. The zero-order valence-corrected chi connectivity index (χ0v) is 14.4. The van der Waals surface area contributed by atoms with Gasteiger partial charge in [0.05, 0.1) is 0 Å². The molecule has 2 heterocycles. The van der Waals surface area contributed by atoms with Gasteiger partial charge in [-0.25, -0.2) is 4.98 Å². The van der Waals surface area contributed by atoms with Crippen LogP contribution in [0.15, 0.2) is 29.6 Å². The van der Waals surface area contributed by atoms with E-state index in [1.807, 2.05) is 12.1 Å². The van der Waals surface area contributed by atoms with Crippen molar-refractivity contribution in [2.24, 2.45) is 11.7 Å². The summed E-state index contributed by atoms with van der Waals surface area (Å²) in [5, 5.41) is 6.13. The number of hydrogen-bond acceptors (Lipinski definition) is 5. The van der Waals surface area contributed by atoms with Crippen LogP contribution >= 0.6 is 22.9 Å². The lowest BCUT2D eigenvalue weighted by Crippen LogP contribution is -2.41. The zero-order chi connectivity index (χ0) is 17.1. The summed E-state index contributed by atoms with van der Waals surface area (Å²) in [6, 6.07) is 7.30. The monoisotopic (exact) mass is 364 g/mol. The van der Waals surface area contributed by atoms with Crippen LogP contribution in [0, 0.1) is 5.92 Å². The topological polar surface area (TPSA) is 88.3 Å². The van der Waals surface area contributed by atoms with Gasteiger partial charge in [0.2, 0.25) is 5.91 Å². The van der Waals surface area contributed by atoms with Gasteiger partial charge < -0.3 is 16.0 Å². The molecule has 0 spiro atoms. The smallest absolute Gasteiger partial charge is 0.273 e.